The van der Waals surface area contributed by atoms with Gasteiger partial charge in [-0.05, 0) is 37.3 Å². The number of anilines is 1. The normalized spacial score (nSPS) is 11.5. The summed E-state index contributed by atoms with van der Waals surface area (Å²) in [6.07, 6.45) is 0. The molecular formula is C17H16N2O5S2. The molecule has 9 heteroatoms. The molecule has 0 bridgehead atoms. The van der Waals surface area contributed by atoms with Crippen molar-refractivity contribution >= 4 is 43.2 Å². The van der Waals surface area contributed by atoms with Gasteiger partial charge in [0.1, 0.15) is 0 Å². The summed E-state index contributed by atoms with van der Waals surface area (Å²) in [6, 6.07) is 10.7. The van der Waals surface area contributed by atoms with Crippen molar-refractivity contribution in [1.29, 1.82) is 0 Å². The van der Waals surface area contributed by atoms with Gasteiger partial charge in [-0.15, -0.1) is 0 Å². The highest BCUT2D eigenvalue weighted by Crippen LogP contribution is 2.24. The second-order valence-electron chi connectivity index (χ2n) is 5.43. The monoisotopic (exact) mass is 392 g/mol. The summed E-state index contributed by atoms with van der Waals surface area (Å²) in [6.45, 7) is 1.86. The molecule has 0 atom stereocenters. The Labute approximate surface area is 153 Å². The van der Waals surface area contributed by atoms with E-state index in [1.165, 1.54) is 28.8 Å². The van der Waals surface area contributed by atoms with E-state index in [0.29, 0.717) is 10.2 Å². The maximum atomic E-state index is 12.7. The van der Waals surface area contributed by atoms with E-state index in [1.54, 1.807) is 32.2 Å². The fraction of sp³-hybridized carbons (Fsp3) is 0.176. The molecule has 7 nitrogen and oxygen atoms in total. The molecule has 0 aliphatic rings. The van der Waals surface area contributed by atoms with Crippen LogP contribution in [0.5, 0.6) is 0 Å². The molecular weight excluding hydrogens is 376 g/mol. The maximum Gasteiger partial charge on any atom is 0.340 e. The Morgan fingerprint density at radius 3 is 2.69 bits per heavy atom. The lowest BCUT2D eigenvalue weighted by Gasteiger charge is -2.12. The Bertz CT molecular complexity index is 1150. The number of carbonyl (C=O) groups is 1. The van der Waals surface area contributed by atoms with Crippen LogP contribution in [-0.4, -0.2) is 25.6 Å². The average Bonchev–Trinajstić information content (AvgIpc) is 2.89. The van der Waals surface area contributed by atoms with Crippen molar-refractivity contribution in [2.45, 2.75) is 11.8 Å². The molecule has 3 aromatic rings. The highest BCUT2D eigenvalue weighted by molar-refractivity contribution is 7.92. The van der Waals surface area contributed by atoms with Crippen molar-refractivity contribution in [2.24, 2.45) is 7.05 Å². The number of nitrogens with zero attached hydrogens (tertiary/aromatic N) is 1. The molecule has 1 N–H and O–H groups in total. The van der Waals surface area contributed by atoms with Crippen LogP contribution in [0, 0.1) is 0 Å². The van der Waals surface area contributed by atoms with Crippen molar-refractivity contribution in [1.82, 2.24) is 4.57 Å². The first-order valence-corrected chi connectivity index (χ1v) is 10.0. The van der Waals surface area contributed by atoms with Crippen molar-refractivity contribution in [2.75, 3.05) is 11.3 Å². The van der Waals surface area contributed by atoms with Gasteiger partial charge in [0.15, 0.2) is 0 Å². The lowest BCUT2D eigenvalue weighted by molar-refractivity contribution is 0.0527. The summed E-state index contributed by atoms with van der Waals surface area (Å²) in [5.41, 5.74) is 0.918. The van der Waals surface area contributed by atoms with Crippen LogP contribution in [0.3, 0.4) is 0 Å². The van der Waals surface area contributed by atoms with Crippen molar-refractivity contribution in [3.05, 3.63) is 57.7 Å². The second-order valence-corrected chi connectivity index (χ2v) is 8.10. The Morgan fingerprint density at radius 2 is 1.96 bits per heavy atom. The van der Waals surface area contributed by atoms with Crippen LogP contribution in [0.25, 0.3) is 10.2 Å². The van der Waals surface area contributed by atoms with Gasteiger partial charge in [0, 0.05) is 7.05 Å². The summed E-state index contributed by atoms with van der Waals surface area (Å²) in [5.74, 6) is -0.609. The molecule has 0 amide bonds. The average molecular weight is 392 g/mol. The van der Waals surface area contributed by atoms with Gasteiger partial charge in [-0.3, -0.25) is 9.52 Å². The molecule has 1 aromatic heterocycles. The number of nitrogens with one attached hydrogen (secondary N) is 1. The fourth-order valence-electron chi connectivity index (χ4n) is 2.44. The van der Waals surface area contributed by atoms with Gasteiger partial charge in [0.2, 0.25) is 0 Å². The largest absolute Gasteiger partial charge is 0.462 e. The minimum Gasteiger partial charge on any atom is -0.462 e. The van der Waals surface area contributed by atoms with Gasteiger partial charge in [-0.1, -0.05) is 23.5 Å². The minimum absolute atomic E-state index is 0.00510. The molecule has 0 spiro atoms. The third-order valence-corrected chi connectivity index (χ3v) is 6.10. The van der Waals surface area contributed by atoms with E-state index in [2.05, 4.69) is 4.72 Å². The first-order valence-electron chi connectivity index (χ1n) is 7.72. The number of hydrogen-bond acceptors (Lipinski definition) is 6. The topological polar surface area (TPSA) is 94.5 Å². The summed E-state index contributed by atoms with van der Waals surface area (Å²) in [7, 11) is -2.31. The number of carbonyl (C=O) groups excluding carboxylic acids is 1. The number of ether oxygens (including phenoxy) is 1. The molecule has 0 radical (unpaired) electrons. The number of para-hydroxylation sites is 1. The Kier molecular flexibility index (Phi) is 4.84. The molecule has 0 aliphatic carbocycles. The van der Waals surface area contributed by atoms with Gasteiger partial charge in [0.25, 0.3) is 10.0 Å². The predicted octanol–water partition coefficient (Wildman–Crippen LogP) is 2.58. The van der Waals surface area contributed by atoms with Crippen molar-refractivity contribution in [3.63, 3.8) is 0 Å². The zero-order valence-corrected chi connectivity index (χ0v) is 15.7. The Morgan fingerprint density at radius 1 is 1.23 bits per heavy atom. The summed E-state index contributed by atoms with van der Waals surface area (Å²) >= 11 is 0.971. The molecule has 1 heterocycles. The van der Waals surface area contributed by atoms with Crippen LogP contribution in [-0.2, 0) is 21.8 Å². The third-order valence-electron chi connectivity index (χ3n) is 3.74. The summed E-state index contributed by atoms with van der Waals surface area (Å²) in [4.78, 5) is 23.6. The molecule has 3 rings (SSSR count). The van der Waals surface area contributed by atoms with Gasteiger partial charge in [0.05, 0.1) is 33.0 Å². The molecule has 26 heavy (non-hydrogen) atoms. The van der Waals surface area contributed by atoms with Crippen molar-refractivity contribution < 1.29 is 17.9 Å². The number of hydrogen-bond donors (Lipinski definition) is 1. The number of thiazole rings is 1. The van der Waals surface area contributed by atoms with E-state index in [9.17, 15) is 18.0 Å². The molecule has 0 saturated carbocycles. The SMILES string of the molecule is CCOC(=O)c1ccccc1NS(=O)(=O)c1ccc2c(c1)sc(=O)n2C. The van der Waals surface area contributed by atoms with Crippen molar-refractivity contribution in [3.8, 4) is 0 Å². The molecule has 0 fully saturated rings. The van der Waals surface area contributed by atoms with Crippen LogP contribution in [0.1, 0.15) is 17.3 Å². The molecule has 136 valence electrons. The molecule has 2 aromatic carbocycles. The van der Waals surface area contributed by atoms with Gasteiger partial charge < -0.3 is 9.30 Å². The van der Waals surface area contributed by atoms with E-state index in [4.69, 9.17) is 4.74 Å². The fourth-order valence-corrected chi connectivity index (χ4v) is 4.54. The number of sulfonamides is 1. The standard InChI is InChI=1S/C17H16N2O5S2/c1-3-24-16(20)12-6-4-5-7-13(12)18-26(22,23)11-8-9-14-15(10-11)25-17(21)19(14)2/h4-10,18H,3H2,1-2H3. The number of fused-ring (bicyclic) bond motifs is 1. The third kappa shape index (κ3) is 3.35. The van der Waals surface area contributed by atoms with E-state index in [1.807, 2.05) is 0 Å². The van der Waals surface area contributed by atoms with Crippen LogP contribution in [0.4, 0.5) is 5.69 Å². The summed E-state index contributed by atoms with van der Waals surface area (Å²) < 4.78 is 34.9. The highest BCUT2D eigenvalue weighted by atomic mass is 32.2. The van der Waals surface area contributed by atoms with Crippen LogP contribution < -0.4 is 9.60 Å². The number of esters is 1. The van der Waals surface area contributed by atoms with E-state index < -0.39 is 16.0 Å². The maximum absolute atomic E-state index is 12.7. The number of aromatic nitrogens is 1. The zero-order chi connectivity index (χ0) is 18.9. The van der Waals surface area contributed by atoms with Crippen LogP contribution in [0.2, 0.25) is 0 Å². The number of aryl methyl sites for hydroxylation is 1. The highest BCUT2D eigenvalue weighted by Gasteiger charge is 2.20. The Hall–Kier alpha value is -2.65. The van der Waals surface area contributed by atoms with E-state index in [-0.39, 0.29) is 27.6 Å². The van der Waals surface area contributed by atoms with Crippen LogP contribution in [0.15, 0.2) is 52.2 Å². The minimum atomic E-state index is -3.94. The second kappa shape index (κ2) is 6.93. The molecule has 0 saturated heterocycles. The zero-order valence-electron chi connectivity index (χ0n) is 14.1. The number of rotatable bonds is 5. The molecule has 0 aliphatic heterocycles. The van der Waals surface area contributed by atoms with Gasteiger partial charge in [-0.25, -0.2) is 13.2 Å². The van der Waals surface area contributed by atoms with E-state index >= 15 is 0 Å². The first kappa shape index (κ1) is 18.2. The first-order chi connectivity index (χ1) is 12.3. The molecule has 0 unspecified atom stereocenters. The van der Waals surface area contributed by atoms with Crippen LogP contribution >= 0.6 is 11.3 Å². The smallest absolute Gasteiger partial charge is 0.340 e. The lowest BCUT2D eigenvalue weighted by Crippen LogP contribution is -2.16. The van der Waals surface area contributed by atoms with Gasteiger partial charge >= 0.3 is 10.8 Å². The lowest BCUT2D eigenvalue weighted by atomic mass is 10.2. The quantitative estimate of drug-likeness (QED) is 0.674. The summed E-state index contributed by atoms with van der Waals surface area (Å²) in [5, 5.41) is 0. The predicted molar refractivity (Wildman–Crippen MR) is 100 cm³/mol. The Balaban J connectivity index is 2.00. The van der Waals surface area contributed by atoms with E-state index in [0.717, 1.165) is 11.3 Å². The number of benzene rings is 2. The van der Waals surface area contributed by atoms with Gasteiger partial charge in [-0.2, -0.15) is 0 Å².